The Morgan fingerprint density at radius 3 is 2.79 bits per heavy atom. The monoisotopic (exact) mass is 418 g/mol. The molecule has 1 heterocycles. The summed E-state index contributed by atoms with van der Waals surface area (Å²) in [6.07, 6.45) is 9.36. The second-order valence-corrected chi connectivity index (χ2v) is 8.90. The molecule has 0 unspecified atom stereocenters. The smallest absolute Gasteiger partial charge is 0.410 e. The molecule has 1 fully saturated rings. The number of allylic oxidation sites excluding steroid dienone is 5. The summed E-state index contributed by atoms with van der Waals surface area (Å²) >= 11 is 0. The predicted molar refractivity (Wildman–Crippen MR) is 117 cm³/mol. The number of ether oxygens (including phenoxy) is 1. The molecule has 1 saturated heterocycles. The Hall–Kier alpha value is -2.38. The lowest BCUT2D eigenvalue weighted by Gasteiger charge is -2.28. The number of rotatable bonds is 8. The van der Waals surface area contributed by atoms with Gasteiger partial charge in [0.1, 0.15) is 0 Å². The minimum atomic E-state index is -3.38. The van der Waals surface area contributed by atoms with Crippen LogP contribution in [-0.4, -0.2) is 50.9 Å². The fourth-order valence-corrected chi connectivity index (χ4v) is 4.34. The van der Waals surface area contributed by atoms with Gasteiger partial charge in [-0.1, -0.05) is 55.1 Å². The van der Waals surface area contributed by atoms with Crippen LogP contribution in [-0.2, 0) is 21.2 Å². The van der Waals surface area contributed by atoms with E-state index in [1.807, 2.05) is 43.4 Å². The van der Waals surface area contributed by atoms with Crippen LogP contribution in [0.2, 0.25) is 0 Å². The number of nitrogens with one attached hydrogen (secondary N) is 1. The molecule has 1 aromatic rings. The summed E-state index contributed by atoms with van der Waals surface area (Å²) in [7, 11) is -3.38. The molecule has 1 aromatic carbocycles. The molecular formula is C22H30N2O4S. The van der Waals surface area contributed by atoms with Crippen LogP contribution in [0.4, 0.5) is 4.79 Å². The maximum atomic E-state index is 12.4. The van der Waals surface area contributed by atoms with E-state index in [9.17, 15) is 13.2 Å². The molecule has 6 nitrogen and oxygen atoms in total. The summed E-state index contributed by atoms with van der Waals surface area (Å²) in [5.41, 5.74) is 3.21. The Morgan fingerprint density at radius 2 is 2.14 bits per heavy atom. The van der Waals surface area contributed by atoms with Gasteiger partial charge in [-0.05, 0) is 43.4 Å². The summed E-state index contributed by atoms with van der Waals surface area (Å²) in [4.78, 5) is 14.0. The highest BCUT2D eigenvalue weighted by Crippen LogP contribution is 2.25. The van der Waals surface area contributed by atoms with Crippen molar-refractivity contribution in [2.24, 2.45) is 0 Å². The maximum Gasteiger partial charge on any atom is 0.410 e. The zero-order valence-corrected chi connectivity index (χ0v) is 18.1. The summed E-state index contributed by atoms with van der Waals surface area (Å²) in [5, 5.41) is 0. The van der Waals surface area contributed by atoms with Crippen molar-refractivity contribution in [3.8, 4) is 0 Å². The van der Waals surface area contributed by atoms with E-state index < -0.39 is 16.1 Å². The predicted octanol–water partition coefficient (Wildman–Crippen LogP) is 3.52. The Labute approximate surface area is 174 Å². The number of benzene rings is 1. The van der Waals surface area contributed by atoms with Crippen molar-refractivity contribution in [2.75, 3.05) is 19.4 Å². The van der Waals surface area contributed by atoms with Gasteiger partial charge in [0, 0.05) is 12.6 Å². The van der Waals surface area contributed by atoms with Gasteiger partial charge in [0.25, 0.3) is 0 Å². The molecule has 0 spiro atoms. The van der Waals surface area contributed by atoms with Crippen LogP contribution >= 0.6 is 0 Å². The quantitative estimate of drug-likeness (QED) is 0.656. The van der Waals surface area contributed by atoms with E-state index >= 15 is 0 Å². The lowest BCUT2D eigenvalue weighted by atomic mass is 9.97. The van der Waals surface area contributed by atoms with Crippen LogP contribution in [0.1, 0.15) is 31.4 Å². The molecule has 0 bridgehead atoms. The fourth-order valence-electron chi connectivity index (χ4n) is 3.51. The van der Waals surface area contributed by atoms with E-state index in [-0.39, 0.29) is 18.7 Å². The number of sulfonamides is 1. The third-order valence-electron chi connectivity index (χ3n) is 4.83. The van der Waals surface area contributed by atoms with E-state index in [2.05, 4.69) is 17.4 Å². The van der Waals surface area contributed by atoms with Gasteiger partial charge in [0.2, 0.25) is 10.0 Å². The number of hydrogen-bond acceptors (Lipinski definition) is 4. The van der Waals surface area contributed by atoms with Crippen LogP contribution in [0.5, 0.6) is 0 Å². The summed E-state index contributed by atoms with van der Waals surface area (Å²) in [6.45, 7) is 8.19. The van der Waals surface area contributed by atoms with Gasteiger partial charge < -0.3 is 9.64 Å². The van der Waals surface area contributed by atoms with Gasteiger partial charge in [0.15, 0.2) is 0 Å². The molecule has 2 atom stereocenters. The molecule has 1 N–H and O–H groups in total. The van der Waals surface area contributed by atoms with Crippen molar-refractivity contribution >= 4 is 21.7 Å². The number of hydrogen-bond donors (Lipinski definition) is 1. The van der Waals surface area contributed by atoms with Crippen molar-refractivity contribution in [1.29, 1.82) is 0 Å². The molecule has 1 aliphatic rings. The van der Waals surface area contributed by atoms with Gasteiger partial charge in [-0.2, -0.15) is 0 Å². The van der Waals surface area contributed by atoms with E-state index in [1.54, 1.807) is 17.9 Å². The van der Waals surface area contributed by atoms with Crippen LogP contribution < -0.4 is 4.72 Å². The van der Waals surface area contributed by atoms with Crippen molar-refractivity contribution in [1.82, 2.24) is 9.62 Å². The molecule has 7 heteroatoms. The molecular weight excluding hydrogens is 388 g/mol. The summed E-state index contributed by atoms with van der Waals surface area (Å²) < 4.78 is 31.4. The molecule has 0 aromatic heterocycles. The minimum Gasteiger partial charge on any atom is -0.450 e. The number of carbonyl (C=O) groups excluding carboxylic acids is 1. The fraction of sp³-hybridized carbons (Fsp3) is 0.409. The standard InChI is InChI=1S/C22H30N2O4S/c1-5-7-8-10-17(3)19-12-9-11-18(15-19)16-21-20(23-29(4,26)27)13-14-24(21)22(25)28-6-2/h5,7-12,15,20-21,23H,1,6,13-14,16H2,2-4H3/b8-7-,17-10+/t20-,21-/m0/s1. The Kier molecular flexibility index (Phi) is 8.22. The molecule has 29 heavy (non-hydrogen) atoms. The third kappa shape index (κ3) is 6.87. The normalized spacial score (nSPS) is 20.2. The summed E-state index contributed by atoms with van der Waals surface area (Å²) in [5.74, 6) is 0. The van der Waals surface area contributed by atoms with Gasteiger partial charge in [-0.15, -0.1) is 0 Å². The van der Waals surface area contributed by atoms with Crippen molar-refractivity contribution in [3.63, 3.8) is 0 Å². The number of likely N-dealkylation sites (tertiary alicyclic amines) is 1. The first-order chi connectivity index (χ1) is 13.7. The van der Waals surface area contributed by atoms with Crippen molar-refractivity contribution in [3.05, 3.63) is 66.3 Å². The van der Waals surface area contributed by atoms with Crippen LogP contribution in [0.15, 0.2) is 55.1 Å². The van der Waals surface area contributed by atoms with Crippen molar-refractivity contribution < 1.29 is 17.9 Å². The first kappa shape index (κ1) is 22.9. The first-order valence-corrected chi connectivity index (χ1v) is 11.6. The summed E-state index contributed by atoms with van der Waals surface area (Å²) in [6, 6.07) is 7.43. The number of carbonyl (C=O) groups is 1. The second-order valence-electron chi connectivity index (χ2n) is 7.12. The zero-order valence-electron chi connectivity index (χ0n) is 17.3. The molecule has 1 amide bonds. The average Bonchev–Trinajstić information content (AvgIpc) is 3.03. The highest BCUT2D eigenvalue weighted by Gasteiger charge is 2.39. The van der Waals surface area contributed by atoms with E-state index in [1.165, 1.54) is 0 Å². The largest absolute Gasteiger partial charge is 0.450 e. The van der Waals surface area contributed by atoms with Gasteiger partial charge in [0.05, 0.1) is 18.9 Å². The van der Waals surface area contributed by atoms with Crippen LogP contribution in [0, 0.1) is 0 Å². The zero-order chi connectivity index (χ0) is 21.4. The SMILES string of the molecule is C=C/C=C\C=C(/C)c1cccc(C[C@H]2[C@@H](NS(C)(=O)=O)CCN2C(=O)OCC)c1. The van der Waals surface area contributed by atoms with E-state index in [0.29, 0.717) is 19.4 Å². The second kappa shape index (κ2) is 10.4. The Balaban J connectivity index is 2.27. The Bertz CT molecular complexity index is 890. The molecule has 0 radical (unpaired) electrons. The van der Waals surface area contributed by atoms with Gasteiger partial charge in [-0.3, -0.25) is 0 Å². The molecule has 158 valence electrons. The minimum absolute atomic E-state index is 0.282. The molecule has 2 rings (SSSR count). The highest BCUT2D eigenvalue weighted by molar-refractivity contribution is 7.88. The number of amides is 1. The van der Waals surface area contributed by atoms with Crippen molar-refractivity contribution in [2.45, 2.75) is 38.8 Å². The highest BCUT2D eigenvalue weighted by atomic mass is 32.2. The lowest BCUT2D eigenvalue weighted by Crippen LogP contribution is -2.47. The molecule has 1 aliphatic heterocycles. The van der Waals surface area contributed by atoms with Crippen LogP contribution in [0.25, 0.3) is 5.57 Å². The van der Waals surface area contributed by atoms with Crippen LogP contribution in [0.3, 0.4) is 0 Å². The molecule has 0 aliphatic carbocycles. The first-order valence-electron chi connectivity index (χ1n) is 9.71. The average molecular weight is 419 g/mol. The number of nitrogens with zero attached hydrogens (tertiary/aromatic N) is 1. The maximum absolute atomic E-state index is 12.4. The lowest BCUT2D eigenvalue weighted by molar-refractivity contribution is 0.101. The van der Waals surface area contributed by atoms with Gasteiger partial charge >= 0.3 is 6.09 Å². The van der Waals surface area contributed by atoms with E-state index in [0.717, 1.165) is 23.0 Å². The topological polar surface area (TPSA) is 75.7 Å². The molecule has 0 saturated carbocycles. The van der Waals surface area contributed by atoms with E-state index in [4.69, 9.17) is 4.74 Å². The third-order valence-corrected chi connectivity index (χ3v) is 5.57. The van der Waals surface area contributed by atoms with Gasteiger partial charge in [-0.25, -0.2) is 17.9 Å². The Morgan fingerprint density at radius 1 is 1.38 bits per heavy atom.